The molecule has 11 nitrogen and oxygen atoms in total. The molecule has 0 fully saturated rings. The van der Waals surface area contributed by atoms with Gasteiger partial charge in [-0.3, -0.25) is 14.4 Å². The van der Waals surface area contributed by atoms with Gasteiger partial charge in [0.15, 0.2) is 5.69 Å². The fourth-order valence-corrected chi connectivity index (χ4v) is 5.17. The molecule has 3 heterocycles. The predicted molar refractivity (Wildman–Crippen MR) is 150 cm³/mol. The summed E-state index contributed by atoms with van der Waals surface area (Å²) in [4.78, 5) is 44.4. The standard InChI is InChI=1S/C28H26N6O5S/c1-38-17-10-8-16(9-11-17)13-32-27(36)24(20-14-31-21-7-3-2-6-19(20)21)34(15-18-5-4-12-39-18)28(37)25-22(29)23(26(30)35)33-40-25/h2-12,14,24,31H,13,15,29H2,1H3,(H2,30,35)(H,32,36). The SMILES string of the molecule is COc1ccc(CNC(=O)C(c2c[nH]c3ccccc23)N(Cc2ccco2)C(=O)c2snc(C(N)=O)c2N)cc1. The second kappa shape index (κ2) is 11.3. The molecule has 0 aliphatic heterocycles. The zero-order valence-electron chi connectivity index (χ0n) is 21.4. The number of H-pyrrole nitrogens is 1. The molecule has 5 aromatic rings. The van der Waals surface area contributed by atoms with Crippen molar-refractivity contribution < 1.29 is 23.5 Å². The molecule has 0 saturated heterocycles. The number of rotatable bonds is 10. The van der Waals surface area contributed by atoms with Crippen molar-refractivity contribution in [1.29, 1.82) is 0 Å². The Labute approximate surface area is 232 Å². The predicted octanol–water partition coefficient (Wildman–Crippen LogP) is 3.61. The Morgan fingerprint density at radius 1 is 1.12 bits per heavy atom. The monoisotopic (exact) mass is 558 g/mol. The third-order valence-corrected chi connectivity index (χ3v) is 7.28. The second-order valence-electron chi connectivity index (χ2n) is 8.91. The Hall–Kier alpha value is -5.10. The van der Waals surface area contributed by atoms with Crippen LogP contribution in [0.1, 0.15) is 43.1 Å². The smallest absolute Gasteiger partial charge is 0.270 e. The topological polar surface area (TPSA) is 170 Å². The molecule has 5 rings (SSSR count). The van der Waals surface area contributed by atoms with E-state index in [2.05, 4.69) is 14.7 Å². The Morgan fingerprint density at radius 2 is 1.90 bits per heavy atom. The summed E-state index contributed by atoms with van der Waals surface area (Å²) in [6, 6.07) is 17.0. The minimum atomic E-state index is -1.11. The molecular formula is C28H26N6O5S. The second-order valence-corrected chi connectivity index (χ2v) is 9.68. The normalized spacial score (nSPS) is 11.7. The molecule has 1 unspecified atom stereocenters. The van der Waals surface area contributed by atoms with E-state index in [-0.39, 0.29) is 29.3 Å². The lowest BCUT2D eigenvalue weighted by Gasteiger charge is -2.30. The number of methoxy groups -OCH3 is 1. The molecule has 0 saturated carbocycles. The minimum Gasteiger partial charge on any atom is -0.497 e. The number of nitrogen functional groups attached to an aromatic ring is 1. The van der Waals surface area contributed by atoms with E-state index in [1.807, 2.05) is 36.4 Å². The number of para-hydroxylation sites is 1. The number of anilines is 1. The van der Waals surface area contributed by atoms with Gasteiger partial charge in [0.1, 0.15) is 22.4 Å². The molecule has 0 bridgehead atoms. The molecule has 0 aliphatic carbocycles. The number of nitrogens with one attached hydrogen (secondary N) is 2. The summed E-state index contributed by atoms with van der Waals surface area (Å²) >= 11 is 0.748. The number of aromatic nitrogens is 2. The van der Waals surface area contributed by atoms with Crippen LogP contribution < -0.4 is 21.5 Å². The zero-order valence-corrected chi connectivity index (χ0v) is 22.2. The van der Waals surface area contributed by atoms with Crippen LogP contribution in [0.25, 0.3) is 10.9 Å². The van der Waals surface area contributed by atoms with Gasteiger partial charge in [0, 0.05) is 29.2 Å². The summed E-state index contributed by atoms with van der Waals surface area (Å²) in [5.74, 6) is -0.748. The molecule has 3 aromatic heterocycles. The van der Waals surface area contributed by atoms with Crippen LogP contribution in [0.5, 0.6) is 5.75 Å². The summed E-state index contributed by atoms with van der Waals surface area (Å²) in [6.45, 7) is 0.147. The van der Waals surface area contributed by atoms with Crippen molar-refractivity contribution in [3.63, 3.8) is 0 Å². The van der Waals surface area contributed by atoms with Crippen LogP contribution in [0.3, 0.4) is 0 Å². The Balaban J connectivity index is 1.57. The maximum atomic E-state index is 14.1. The Kier molecular flexibility index (Phi) is 7.51. The van der Waals surface area contributed by atoms with Crippen molar-refractivity contribution in [2.75, 3.05) is 12.8 Å². The van der Waals surface area contributed by atoms with Gasteiger partial charge in [-0.05, 0) is 47.4 Å². The van der Waals surface area contributed by atoms with Crippen molar-refractivity contribution in [1.82, 2.24) is 19.6 Å². The van der Waals surface area contributed by atoms with Gasteiger partial charge >= 0.3 is 0 Å². The van der Waals surface area contributed by atoms with Gasteiger partial charge in [-0.25, -0.2) is 0 Å². The molecule has 0 radical (unpaired) electrons. The lowest BCUT2D eigenvalue weighted by Crippen LogP contribution is -2.43. The third kappa shape index (κ3) is 5.24. The van der Waals surface area contributed by atoms with E-state index in [9.17, 15) is 14.4 Å². The number of aromatic amines is 1. The van der Waals surface area contributed by atoms with Crippen molar-refractivity contribution in [3.05, 3.63) is 101 Å². The van der Waals surface area contributed by atoms with Gasteiger partial charge < -0.3 is 35.8 Å². The number of furan rings is 1. The zero-order chi connectivity index (χ0) is 28.2. The van der Waals surface area contributed by atoms with Crippen molar-refractivity contribution in [2.45, 2.75) is 19.1 Å². The highest BCUT2D eigenvalue weighted by Gasteiger charge is 2.36. The molecule has 0 spiro atoms. The average Bonchev–Trinajstić information content (AvgIpc) is 3.72. The largest absolute Gasteiger partial charge is 0.497 e. The van der Waals surface area contributed by atoms with Crippen LogP contribution in [-0.4, -0.2) is 39.1 Å². The molecule has 12 heteroatoms. The Morgan fingerprint density at radius 3 is 2.58 bits per heavy atom. The summed E-state index contributed by atoms with van der Waals surface area (Å²) in [7, 11) is 1.58. The number of nitrogens with zero attached hydrogens (tertiary/aromatic N) is 2. The lowest BCUT2D eigenvalue weighted by atomic mass is 10.0. The fourth-order valence-electron chi connectivity index (χ4n) is 4.41. The van der Waals surface area contributed by atoms with Gasteiger partial charge in [-0.15, -0.1) is 0 Å². The summed E-state index contributed by atoms with van der Waals surface area (Å²) in [5, 5.41) is 3.72. The van der Waals surface area contributed by atoms with E-state index in [1.54, 1.807) is 37.6 Å². The van der Waals surface area contributed by atoms with Gasteiger partial charge in [-0.2, -0.15) is 4.37 Å². The maximum Gasteiger partial charge on any atom is 0.270 e. The van der Waals surface area contributed by atoms with E-state index in [0.29, 0.717) is 17.1 Å². The van der Waals surface area contributed by atoms with Crippen molar-refractivity contribution >= 4 is 45.8 Å². The highest BCUT2D eigenvalue weighted by molar-refractivity contribution is 7.09. The average molecular weight is 559 g/mol. The molecule has 3 amide bonds. The maximum absolute atomic E-state index is 14.1. The number of ether oxygens (including phenoxy) is 1. The first kappa shape index (κ1) is 26.5. The summed E-state index contributed by atoms with van der Waals surface area (Å²) < 4.78 is 14.7. The first-order valence-corrected chi connectivity index (χ1v) is 13.0. The Bertz CT molecular complexity index is 1660. The highest BCUT2D eigenvalue weighted by Crippen LogP contribution is 2.33. The number of nitrogens with two attached hydrogens (primary N) is 2. The van der Waals surface area contributed by atoms with Gasteiger partial charge in [0.05, 0.1) is 25.6 Å². The van der Waals surface area contributed by atoms with E-state index in [1.165, 1.54) is 11.2 Å². The van der Waals surface area contributed by atoms with E-state index in [4.69, 9.17) is 20.6 Å². The minimum absolute atomic E-state index is 0.00634. The third-order valence-electron chi connectivity index (χ3n) is 6.42. The molecule has 6 N–H and O–H groups in total. The number of carbonyl (C=O) groups excluding carboxylic acids is 3. The number of amides is 3. The quantitative estimate of drug-likeness (QED) is 0.203. The van der Waals surface area contributed by atoms with E-state index < -0.39 is 23.8 Å². The highest BCUT2D eigenvalue weighted by atomic mass is 32.1. The molecule has 204 valence electrons. The number of hydrogen-bond acceptors (Lipinski definition) is 8. The van der Waals surface area contributed by atoms with Crippen LogP contribution in [0.4, 0.5) is 5.69 Å². The van der Waals surface area contributed by atoms with E-state index >= 15 is 0 Å². The molecule has 40 heavy (non-hydrogen) atoms. The first-order valence-electron chi connectivity index (χ1n) is 12.2. The van der Waals surface area contributed by atoms with Crippen LogP contribution in [0, 0.1) is 0 Å². The van der Waals surface area contributed by atoms with Crippen LogP contribution in [0.2, 0.25) is 0 Å². The van der Waals surface area contributed by atoms with Gasteiger partial charge in [-0.1, -0.05) is 30.3 Å². The van der Waals surface area contributed by atoms with Crippen molar-refractivity contribution in [3.8, 4) is 5.75 Å². The summed E-state index contributed by atoms with van der Waals surface area (Å²) in [6.07, 6.45) is 3.18. The lowest BCUT2D eigenvalue weighted by molar-refractivity contribution is -0.126. The van der Waals surface area contributed by atoms with Crippen LogP contribution in [0.15, 0.2) is 77.5 Å². The molecule has 2 aromatic carbocycles. The number of primary amides is 1. The molecule has 1 atom stereocenters. The van der Waals surface area contributed by atoms with Crippen LogP contribution in [-0.2, 0) is 17.9 Å². The van der Waals surface area contributed by atoms with Crippen molar-refractivity contribution in [2.24, 2.45) is 5.73 Å². The number of benzene rings is 2. The van der Waals surface area contributed by atoms with Crippen LogP contribution >= 0.6 is 11.5 Å². The van der Waals surface area contributed by atoms with Gasteiger partial charge in [0.25, 0.3) is 11.8 Å². The number of carbonyl (C=O) groups is 3. The first-order chi connectivity index (χ1) is 19.4. The fraction of sp³-hybridized carbons (Fsp3) is 0.143. The van der Waals surface area contributed by atoms with E-state index in [0.717, 1.165) is 28.0 Å². The number of fused-ring (bicyclic) bond motifs is 1. The number of hydrogen-bond donors (Lipinski definition) is 4. The molecule has 0 aliphatic rings. The molecular weight excluding hydrogens is 532 g/mol. The van der Waals surface area contributed by atoms with Gasteiger partial charge in [0.2, 0.25) is 5.91 Å². The summed E-state index contributed by atoms with van der Waals surface area (Å²) in [5.41, 5.74) is 13.4.